The van der Waals surface area contributed by atoms with Gasteiger partial charge in [-0.2, -0.15) is 0 Å². The van der Waals surface area contributed by atoms with Gasteiger partial charge in [0.05, 0.1) is 23.6 Å². The molecule has 1 N–H and O–H groups in total. The second-order valence-electron chi connectivity index (χ2n) is 9.82. The highest BCUT2D eigenvalue weighted by Crippen LogP contribution is 2.54. The van der Waals surface area contributed by atoms with Crippen LogP contribution in [0.5, 0.6) is 5.75 Å². The molecule has 3 atom stereocenters. The number of piperidine rings is 1. The maximum atomic E-state index is 13.0. The number of fused-ring (bicyclic) bond motifs is 1. The molecule has 2 fully saturated rings. The first-order valence-corrected chi connectivity index (χ1v) is 12.7. The van der Waals surface area contributed by atoms with Crippen LogP contribution in [0.15, 0.2) is 42.5 Å². The van der Waals surface area contributed by atoms with Gasteiger partial charge in [0.25, 0.3) is 0 Å². The fourth-order valence-electron chi connectivity index (χ4n) is 5.95. The standard InChI is InChI=1S/C27H32Cl2N2O4/c1-18(32)35-27-10-9-21(30-25(33)14-19-7-8-23(28)24(29)13-19)16-26(27,11-12-31(2)17-27)20-5-4-6-22(15-20)34-3/h4-8,13,15,21H,9-12,14,16-17H2,1-3H3,(H,30,33). The first-order chi connectivity index (χ1) is 16.7. The number of benzene rings is 2. The molecule has 2 aromatic carbocycles. The van der Waals surface area contributed by atoms with E-state index >= 15 is 0 Å². The average Bonchev–Trinajstić information content (AvgIpc) is 2.81. The molecule has 0 spiro atoms. The summed E-state index contributed by atoms with van der Waals surface area (Å²) in [5.74, 6) is 0.412. The van der Waals surface area contributed by atoms with Crippen LogP contribution in [0.3, 0.4) is 0 Å². The van der Waals surface area contributed by atoms with E-state index in [-0.39, 0.29) is 24.3 Å². The van der Waals surface area contributed by atoms with Crippen LogP contribution < -0.4 is 10.1 Å². The number of esters is 1. The van der Waals surface area contributed by atoms with E-state index < -0.39 is 11.0 Å². The fraction of sp³-hybridized carbons (Fsp3) is 0.481. The van der Waals surface area contributed by atoms with Gasteiger partial charge in [-0.15, -0.1) is 0 Å². The Hall–Kier alpha value is -2.28. The van der Waals surface area contributed by atoms with Crippen LogP contribution in [0.2, 0.25) is 10.0 Å². The third-order valence-corrected chi connectivity index (χ3v) is 8.22. The lowest BCUT2D eigenvalue weighted by Gasteiger charge is -2.59. The first kappa shape index (κ1) is 25.8. The molecule has 35 heavy (non-hydrogen) atoms. The number of likely N-dealkylation sites (N-methyl/N-ethyl adjacent to an activating group) is 1. The molecule has 0 bridgehead atoms. The van der Waals surface area contributed by atoms with E-state index in [1.165, 1.54) is 6.92 Å². The monoisotopic (exact) mass is 518 g/mol. The zero-order valence-electron chi connectivity index (χ0n) is 20.4. The number of nitrogens with one attached hydrogen (secondary N) is 1. The van der Waals surface area contributed by atoms with Crippen molar-refractivity contribution in [2.75, 3.05) is 27.2 Å². The number of carbonyl (C=O) groups excluding carboxylic acids is 2. The van der Waals surface area contributed by atoms with Gasteiger partial charge < -0.3 is 19.7 Å². The summed E-state index contributed by atoms with van der Waals surface area (Å²) in [6.07, 6.45) is 3.08. The Labute approximate surface area is 216 Å². The average molecular weight is 519 g/mol. The lowest BCUT2D eigenvalue weighted by atomic mass is 9.55. The van der Waals surface area contributed by atoms with Gasteiger partial charge in [-0.3, -0.25) is 9.59 Å². The van der Waals surface area contributed by atoms with Crippen molar-refractivity contribution in [1.82, 2.24) is 10.2 Å². The van der Waals surface area contributed by atoms with Crippen molar-refractivity contribution in [1.29, 1.82) is 0 Å². The molecule has 0 radical (unpaired) electrons. The zero-order valence-corrected chi connectivity index (χ0v) is 21.9. The number of carbonyl (C=O) groups is 2. The van der Waals surface area contributed by atoms with Gasteiger partial charge in [0, 0.05) is 24.9 Å². The van der Waals surface area contributed by atoms with Gasteiger partial charge in [-0.05, 0) is 74.7 Å². The molecule has 2 aliphatic rings. The van der Waals surface area contributed by atoms with Crippen LogP contribution >= 0.6 is 23.2 Å². The van der Waals surface area contributed by atoms with Crippen LogP contribution in [0.4, 0.5) is 0 Å². The van der Waals surface area contributed by atoms with Gasteiger partial charge in [0.2, 0.25) is 5.91 Å². The van der Waals surface area contributed by atoms with E-state index in [4.69, 9.17) is 32.7 Å². The van der Waals surface area contributed by atoms with Crippen molar-refractivity contribution in [2.45, 2.75) is 56.1 Å². The molecule has 1 heterocycles. The molecule has 0 aromatic heterocycles. The molecule has 1 saturated heterocycles. The quantitative estimate of drug-likeness (QED) is 0.556. The van der Waals surface area contributed by atoms with Gasteiger partial charge in [-0.25, -0.2) is 0 Å². The van der Waals surface area contributed by atoms with Crippen LogP contribution in [-0.4, -0.2) is 55.7 Å². The van der Waals surface area contributed by atoms with E-state index in [0.29, 0.717) is 29.4 Å². The Bertz CT molecular complexity index is 1110. The Balaban J connectivity index is 1.63. The summed E-state index contributed by atoms with van der Waals surface area (Å²) in [4.78, 5) is 27.5. The lowest BCUT2D eigenvalue weighted by molar-refractivity contribution is -0.185. The molecule has 1 aliphatic carbocycles. The summed E-state index contributed by atoms with van der Waals surface area (Å²) >= 11 is 12.1. The molecule has 188 valence electrons. The Morgan fingerprint density at radius 1 is 1.14 bits per heavy atom. The maximum Gasteiger partial charge on any atom is 0.303 e. The molecule has 1 saturated carbocycles. The summed E-state index contributed by atoms with van der Waals surface area (Å²) in [6.45, 7) is 2.99. The number of likely N-dealkylation sites (tertiary alicyclic amines) is 1. The molecular weight excluding hydrogens is 487 g/mol. The maximum absolute atomic E-state index is 13.0. The van der Waals surface area contributed by atoms with Gasteiger partial charge in [0.15, 0.2) is 0 Å². The number of nitrogens with zero attached hydrogens (tertiary/aromatic N) is 1. The summed E-state index contributed by atoms with van der Waals surface area (Å²) < 4.78 is 11.7. The number of hydrogen-bond donors (Lipinski definition) is 1. The third-order valence-electron chi connectivity index (χ3n) is 7.48. The SMILES string of the molecule is COc1cccc(C23CCN(C)CC2(OC(C)=O)CCC(NC(=O)Cc2ccc(Cl)c(Cl)c2)C3)c1. The van der Waals surface area contributed by atoms with Crippen LogP contribution in [0.25, 0.3) is 0 Å². The van der Waals surface area contributed by atoms with Crippen molar-refractivity contribution in [3.05, 3.63) is 63.6 Å². The van der Waals surface area contributed by atoms with Gasteiger partial charge >= 0.3 is 5.97 Å². The van der Waals surface area contributed by atoms with Crippen LogP contribution in [0, 0.1) is 0 Å². The number of rotatable bonds is 6. The zero-order chi connectivity index (χ0) is 25.2. The third kappa shape index (κ3) is 5.30. The van der Waals surface area contributed by atoms with E-state index in [1.807, 2.05) is 24.3 Å². The van der Waals surface area contributed by atoms with E-state index in [9.17, 15) is 9.59 Å². The number of ether oxygens (including phenoxy) is 2. The Kier molecular flexibility index (Phi) is 7.65. The summed E-state index contributed by atoms with van der Waals surface area (Å²) in [5.41, 5.74) is 0.765. The molecule has 6 nitrogen and oxygen atoms in total. The predicted molar refractivity (Wildman–Crippen MR) is 137 cm³/mol. The minimum absolute atomic E-state index is 0.0523. The second-order valence-corrected chi connectivity index (χ2v) is 10.6. The Morgan fingerprint density at radius 2 is 1.94 bits per heavy atom. The number of amides is 1. The van der Waals surface area contributed by atoms with E-state index in [1.54, 1.807) is 19.2 Å². The molecular formula is C27H32Cl2N2O4. The van der Waals surface area contributed by atoms with Gasteiger partial charge in [0.1, 0.15) is 11.4 Å². The smallest absolute Gasteiger partial charge is 0.303 e. The van der Waals surface area contributed by atoms with Crippen molar-refractivity contribution in [3.8, 4) is 5.75 Å². The molecule has 1 aliphatic heterocycles. The summed E-state index contributed by atoms with van der Waals surface area (Å²) in [5, 5.41) is 4.14. The molecule has 2 aromatic rings. The predicted octanol–water partition coefficient (Wildman–Crippen LogP) is 4.79. The number of hydrogen-bond acceptors (Lipinski definition) is 5. The largest absolute Gasteiger partial charge is 0.497 e. The Morgan fingerprint density at radius 3 is 2.66 bits per heavy atom. The highest BCUT2D eigenvalue weighted by Gasteiger charge is 2.60. The summed E-state index contributed by atoms with van der Waals surface area (Å²) in [7, 11) is 3.71. The van der Waals surface area contributed by atoms with Crippen molar-refractivity contribution < 1.29 is 19.1 Å². The number of methoxy groups -OCH3 is 1. The van der Waals surface area contributed by atoms with Crippen molar-refractivity contribution >= 4 is 35.1 Å². The van der Waals surface area contributed by atoms with Crippen LogP contribution in [-0.2, 0) is 26.2 Å². The topological polar surface area (TPSA) is 67.9 Å². The molecule has 8 heteroatoms. The van der Waals surface area contributed by atoms with E-state index in [2.05, 4.69) is 23.3 Å². The second kappa shape index (κ2) is 10.4. The van der Waals surface area contributed by atoms with E-state index in [0.717, 1.165) is 36.3 Å². The minimum Gasteiger partial charge on any atom is -0.497 e. The van der Waals surface area contributed by atoms with Crippen molar-refractivity contribution in [2.24, 2.45) is 0 Å². The molecule has 3 unspecified atom stereocenters. The molecule has 1 amide bonds. The summed E-state index contributed by atoms with van der Waals surface area (Å²) in [6, 6.07) is 13.2. The van der Waals surface area contributed by atoms with Gasteiger partial charge in [-0.1, -0.05) is 41.4 Å². The molecule has 4 rings (SSSR count). The highest BCUT2D eigenvalue weighted by atomic mass is 35.5. The lowest BCUT2D eigenvalue weighted by Crippen LogP contribution is -2.68. The fourth-order valence-corrected chi connectivity index (χ4v) is 6.27. The first-order valence-electron chi connectivity index (χ1n) is 11.9. The van der Waals surface area contributed by atoms with Crippen molar-refractivity contribution in [3.63, 3.8) is 0 Å². The highest BCUT2D eigenvalue weighted by molar-refractivity contribution is 6.42. The minimum atomic E-state index is -0.677. The normalized spacial score (nSPS) is 26.5. The number of halogens is 2. The van der Waals surface area contributed by atoms with Crippen LogP contribution in [0.1, 0.15) is 43.7 Å².